The predicted molar refractivity (Wildman–Crippen MR) is 89.7 cm³/mol. The van der Waals surface area contributed by atoms with Gasteiger partial charge in [-0.15, -0.1) is 0 Å². The van der Waals surface area contributed by atoms with Gasteiger partial charge in [0.05, 0.1) is 0 Å². The summed E-state index contributed by atoms with van der Waals surface area (Å²) in [5.74, 6) is 0. The molecule has 2 saturated carbocycles. The number of likely N-dealkylation sites (N-methyl/N-ethyl adjacent to an activating group) is 1. The summed E-state index contributed by atoms with van der Waals surface area (Å²) in [6.07, 6.45) is 9.99. The summed E-state index contributed by atoms with van der Waals surface area (Å²) in [7, 11) is 2.17. The van der Waals surface area contributed by atoms with Gasteiger partial charge in [-0.05, 0) is 38.1 Å². The topological polar surface area (TPSA) is 18.5 Å². The first-order chi connectivity index (χ1) is 10.1. The molecule has 3 nitrogen and oxygen atoms in total. The molecule has 21 heavy (non-hydrogen) atoms. The van der Waals surface area contributed by atoms with Crippen LogP contribution in [0.2, 0.25) is 0 Å². The van der Waals surface area contributed by atoms with Crippen LogP contribution in [-0.4, -0.2) is 61.2 Å². The smallest absolute Gasteiger partial charge is 0.0271 e. The highest BCUT2D eigenvalue weighted by atomic mass is 15.3. The van der Waals surface area contributed by atoms with Crippen LogP contribution in [0.25, 0.3) is 0 Å². The second-order valence-corrected chi connectivity index (χ2v) is 8.22. The molecule has 0 aromatic carbocycles. The molecule has 0 amide bonds. The van der Waals surface area contributed by atoms with E-state index in [1.165, 1.54) is 71.1 Å². The first-order valence-electron chi connectivity index (χ1n) is 9.27. The molecule has 3 fully saturated rings. The molecule has 3 aliphatic rings. The van der Waals surface area contributed by atoms with Crippen molar-refractivity contribution in [2.75, 3.05) is 33.2 Å². The molecule has 2 atom stereocenters. The molecule has 0 radical (unpaired) electrons. The lowest BCUT2D eigenvalue weighted by atomic mass is 9.70. The molecule has 2 aliphatic carbocycles. The van der Waals surface area contributed by atoms with Crippen molar-refractivity contribution in [3.05, 3.63) is 0 Å². The largest absolute Gasteiger partial charge is 0.315 e. The Labute approximate surface area is 131 Å². The number of piperazine rings is 1. The fourth-order valence-corrected chi connectivity index (χ4v) is 5.29. The van der Waals surface area contributed by atoms with Gasteiger partial charge in [0.25, 0.3) is 0 Å². The van der Waals surface area contributed by atoms with Crippen molar-refractivity contribution in [3.8, 4) is 0 Å². The first-order valence-corrected chi connectivity index (χ1v) is 9.27. The van der Waals surface area contributed by atoms with E-state index in [0.29, 0.717) is 11.5 Å². The molecule has 2 unspecified atom stereocenters. The average Bonchev–Trinajstić information content (AvgIpc) is 3.00. The Morgan fingerprint density at radius 3 is 2.10 bits per heavy atom. The summed E-state index contributed by atoms with van der Waals surface area (Å²) in [4.78, 5) is 5.58. The van der Waals surface area contributed by atoms with Gasteiger partial charge in [-0.1, -0.05) is 33.1 Å². The molecule has 3 heteroatoms. The lowest BCUT2D eigenvalue weighted by Crippen LogP contribution is -2.62. The van der Waals surface area contributed by atoms with Crippen molar-refractivity contribution < 1.29 is 0 Å². The van der Waals surface area contributed by atoms with Gasteiger partial charge in [-0.2, -0.15) is 0 Å². The fraction of sp³-hybridized carbons (Fsp3) is 1.00. The van der Waals surface area contributed by atoms with E-state index in [2.05, 4.69) is 36.0 Å². The van der Waals surface area contributed by atoms with Crippen molar-refractivity contribution >= 4 is 0 Å². The Morgan fingerprint density at radius 1 is 0.857 bits per heavy atom. The minimum atomic E-state index is 0.445. The Morgan fingerprint density at radius 2 is 1.48 bits per heavy atom. The Kier molecular flexibility index (Phi) is 4.92. The maximum atomic E-state index is 3.65. The summed E-state index contributed by atoms with van der Waals surface area (Å²) >= 11 is 0. The van der Waals surface area contributed by atoms with Crippen LogP contribution in [0.15, 0.2) is 0 Å². The highest BCUT2D eigenvalue weighted by molar-refractivity contribution is 4.98. The number of nitrogens with one attached hydrogen (secondary N) is 1. The molecule has 0 spiro atoms. The van der Waals surface area contributed by atoms with Gasteiger partial charge in [-0.3, -0.25) is 9.80 Å². The second-order valence-electron chi connectivity index (χ2n) is 8.22. The quantitative estimate of drug-likeness (QED) is 0.863. The molecule has 122 valence electrons. The van der Waals surface area contributed by atoms with Gasteiger partial charge < -0.3 is 5.32 Å². The van der Waals surface area contributed by atoms with Crippen LogP contribution in [0.1, 0.15) is 58.8 Å². The number of hydrogen-bond donors (Lipinski definition) is 1. The lowest BCUT2D eigenvalue weighted by molar-refractivity contribution is 0.0115. The molecule has 0 bridgehead atoms. The third kappa shape index (κ3) is 3.30. The number of nitrogens with zero attached hydrogens (tertiary/aromatic N) is 2. The summed E-state index contributed by atoms with van der Waals surface area (Å²) in [5, 5.41) is 3.65. The monoisotopic (exact) mass is 293 g/mol. The van der Waals surface area contributed by atoms with E-state index >= 15 is 0 Å². The minimum Gasteiger partial charge on any atom is -0.315 e. The predicted octanol–water partition coefficient (Wildman–Crippen LogP) is 2.71. The molecule has 0 aromatic rings. The van der Waals surface area contributed by atoms with Crippen LogP contribution in [0.5, 0.6) is 0 Å². The zero-order chi connectivity index (χ0) is 14.9. The van der Waals surface area contributed by atoms with Crippen LogP contribution < -0.4 is 5.32 Å². The molecule has 1 aliphatic heterocycles. The van der Waals surface area contributed by atoms with E-state index in [0.717, 1.165) is 12.1 Å². The Balaban J connectivity index is 1.57. The third-order valence-corrected chi connectivity index (χ3v) is 6.52. The maximum absolute atomic E-state index is 3.65. The van der Waals surface area contributed by atoms with E-state index in [1.807, 2.05) is 0 Å². The van der Waals surface area contributed by atoms with Crippen LogP contribution in [0.4, 0.5) is 0 Å². The maximum Gasteiger partial charge on any atom is 0.0271 e. The molecule has 0 aromatic heterocycles. The van der Waals surface area contributed by atoms with Crippen molar-refractivity contribution in [1.82, 2.24) is 15.1 Å². The van der Waals surface area contributed by atoms with Crippen molar-refractivity contribution in [3.63, 3.8) is 0 Å². The van der Waals surface area contributed by atoms with E-state index in [4.69, 9.17) is 0 Å². The van der Waals surface area contributed by atoms with Crippen molar-refractivity contribution in [2.45, 2.75) is 76.9 Å². The van der Waals surface area contributed by atoms with Crippen molar-refractivity contribution in [1.29, 1.82) is 0 Å². The summed E-state index contributed by atoms with van der Waals surface area (Å²) in [5.41, 5.74) is 0.445. The highest BCUT2D eigenvalue weighted by Crippen LogP contribution is 2.38. The second kappa shape index (κ2) is 6.55. The normalized spacial score (nSPS) is 36.1. The van der Waals surface area contributed by atoms with E-state index in [-0.39, 0.29) is 0 Å². The zero-order valence-corrected chi connectivity index (χ0v) is 14.4. The van der Waals surface area contributed by atoms with Crippen molar-refractivity contribution in [2.24, 2.45) is 5.41 Å². The first kappa shape index (κ1) is 15.8. The molecule has 1 N–H and O–H groups in total. The summed E-state index contributed by atoms with van der Waals surface area (Å²) in [6.45, 7) is 10.1. The SMILES string of the molecule is CNC1C(N2CCN(C3CCCC3)CC2)CCCC1(C)C. The van der Waals surface area contributed by atoms with Gasteiger partial charge in [0.1, 0.15) is 0 Å². The van der Waals surface area contributed by atoms with Gasteiger partial charge >= 0.3 is 0 Å². The standard InChI is InChI=1S/C18H35N3/c1-18(2)10-6-9-16(17(18)19-3)21-13-11-20(12-14-21)15-7-4-5-8-15/h15-17,19H,4-14H2,1-3H3. The number of rotatable bonds is 3. The van der Waals surface area contributed by atoms with Crippen LogP contribution >= 0.6 is 0 Å². The minimum absolute atomic E-state index is 0.445. The molecular formula is C18H35N3. The molecule has 1 heterocycles. The van der Waals surface area contributed by atoms with Gasteiger partial charge in [0.2, 0.25) is 0 Å². The summed E-state index contributed by atoms with van der Waals surface area (Å²) < 4.78 is 0. The zero-order valence-electron chi connectivity index (χ0n) is 14.4. The molecule has 3 rings (SSSR count). The van der Waals surface area contributed by atoms with Gasteiger partial charge in [-0.25, -0.2) is 0 Å². The van der Waals surface area contributed by atoms with E-state index in [1.54, 1.807) is 0 Å². The number of hydrogen-bond acceptors (Lipinski definition) is 3. The molecular weight excluding hydrogens is 258 g/mol. The Bertz CT molecular complexity index is 327. The Hall–Kier alpha value is -0.120. The fourth-order valence-electron chi connectivity index (χ4n) is 5.29. The highest BCUT2D eigenvalue weighted by Gasteiger charge is 2.41. The van der Waals surface area contributed by atoms with Crippen LogP contribution in [0.3, 0.4) is 0 Å². The van der Waals surface area contributed by atoms with Crippen LogP contribution in [0, 0.1) is 5.41 Å². The average molecular weight is 293 g/mol. The molecule has 1 saturated heterocycles. The van der Waals surface area contributed by atoms with E-state index in [9.17, 15) is 0 Å². The van der Waals surface area contributed by atoms with Crippen LogP contribution in [-0.2, 0) is 0 Å². The van der Waals surface area contributed by atoms with E-state index < -0.39 is 0 Å². The summed E-state index contributed by atoms with van der Waals surface area (Å²) in [6, 6.07) is 2.32. The van der Waals surface area contributed by atoms with Gasteiger partial charge in [0, 0.05) is 44.3 Å². The lowest BCUT2D eigenvalue weighted by Gasteiger charge is -2.50. The van der Waals surface area contributed by atoms with Gasteiger partial charge in [0.15, 0.2) is 0 Å². The third-order valence-electron chi connectivity index (χ3n) is 6.52.